The van der Waals surface area contributed by atoms with Crippen LogP contribution in [0.5, 0.6) is 0 Å². The maximum absolute atomic E-state index is 12.5. The SMILES string of the molecule is CCCCOC(=O)/C(CSCC(NC(=O)CCC(N)C(=O)O)C(=O)NCC(=O)O)=N\OCc1ccccc1. The average molecular weight is 555 g/mol. The van der Waals surface area contributed by atoms with E-state index >= 15 is 0 Å². The Morgan fingerprint density at radius 1 is 1.13 bits per heavy atom. The van der Waals surface area contributed by atoms with Crippen molar-refractivity contribution >= 4 is 47.2 Å². The van der Waals surface area contributed by atoms with Crippen LogP contribution in [0.1, 0.15) is 38.2 Å². The van der Waals surface area contributed by atoms with Gasteiger partial charge in [-0.15, -0.1) is 0 Å². The molecule has 0 radical (unpaired) electrons. The van der Waals surface area contributed by atoms with Gasteiger partial charge in [0.25, 0.3) is 0 Å². The summed E-state index contributed by atoms with van der Waals surface area (Å²) >= 11 is 1.06. The molecular weight excluding hydrogens is 520 g/mol. The van der Waals surface area contributed by atoms with E-state index in [2.05, 4.69) is 15.8 Å². The number of esters is 1. The molecule has 0 aliphatic heterocycles. The van der Waals surface area contributed by atoms with Crippen molar-refractivity contribution in [2.24, 2.45) is 10.9 Å². The van der Waals surface area contributed by atoms with Crippen LogP contribution in [0.4, 0.5) is 0 Å². The van der Waals surface area contributed by atoms with E-state index in [0.29, 0.717) is 6.42 Å². The van der Waals surface area contributed by atoms with Crippen LogP contribution in [0, 0.1) is 0 Å². The van der Waals surface area contributed by atoms with E-state index in [1.807, 2.05) is 37.3 Å². The monoisotopic (exact) mass is 554 g/mol. The van der Waals surface area contributed by atoms with Gasteiger partial charge in [0.15, 0.2) is 5.71 Å². The zero-order chi connectivity index (χ0) is 28.3. The van der Waals surface area contributed by atoms with Gasteiger partial charge in [0.05, 0.1) is 6.61 Å². The molecule has 0 saturated heterocycles. The Morgan fingerprint density at radius 2 is 1.84 bits per heavy atom. The van der Waals surface area contributed by atoms with Crippen LogP contribution < -0.4 is 16.4 Å². The van der Waals surface area contributed by atoms with Gasteiger partial charge in [-0.3, -0.25) is 19.2 Å². The van der Waals surface area contributed by atoms with Gasteiger partial charge in [-0.1, -0.05) is 48.8 Å². The Balaban J connectivity index is 2.82. The molecule has 0 aromatic heterocycles. The molecule has 210 valence electrons. The van der Waals surface area contributed by atoms with Gasteiger partial charge in [-0.2, -0.15) is 11.8 Å². The molecule has 38 heavy (non-hydrogen) atoms. The molecule has 0 heterocycles. The minimum atomic E-state index is -1.27. The van der Waals surface area contributed by atoms with Gasteiger partial charge < -0.3 is 36.2 Å². The standard InChI is InChI=1S/C24H34N4O9S/c1-2-3-11-36-24(35)19(28-37-13-16-7-5-4-6-8-16)15-38-14-18(22(32)26-12-21(30)31)27-20(29)10-9-17(25)23(33)34/h4-8,17-18H,2-3,9-15,25H2,1H3,(H,26,32)(H,27,29)(H,30,31)(H,33,34)/b28-19-. The number of carboxylic acid groups (broad SMARTS) is 2. The number of unbranched alkanes of at least 4 members (excludes halogenated alkanes) is 1. The highest BCUT2D eigenvalue weighted by Gasteiger charge is 2.24. The summed E-state index contributed by atoms with van der Waals surface area (Å²) in [5.74, 6) is -4.71. The number of ether oxygens (including phenoxy) is 1. The second-order valence-corrected chi connectivity index (χ2v) is 9.05. The Morgan fingerprint density at radius 3 is 2.47 bits per heavy atom. The van der Waals surface area contributed by atoms with Crippen molar-refractivity contribution in [3.63, 3.8) is 0 Å². The molecule has 0 spiro atoms. The Kier molecular flexibility index (Phi) is 15.8. The maximum Gasteiger partial charge on any atom is 0.356 e. The minimum Gasteiger partial charge on any atom is -0.480 e. The number of aliphatic carboxylic acids is 2. The summed E-state index contributed by atoms with van der Waals surface area (Å²) in [7, 11) is 0. The lowest BCUT2D eigenvalue weighted by molar-refractivity contribution is -0.139. The van der Waals surface area contributed by atoms with Crippen molar-refractivity contribution in [1.82, 2.24) is 10.6 Å². The molecule has 0 fully saturated rings. The number of rotatable bonds is 19. The zero-order valence-electron chi connectivity index (χ0n) is 21.1. The molecule has 0 aliphatic rings. The lowest BCUT2D eigenvalue weighted by Gasteiger charge is -2.18. The van der Waals surface area contributed by atoms with E-state index in [9.17, 15) is 24.0 Å². The van der Waals surface area contributed by atoms with Gasteiger partial charge >= 0.3 is 17.9 Å². The van der Waals surface area contributed by atoms with Crippen LogP contribution in [0.2, 0.25) is 0 Å². The second-order valence-electron chi connectivity index (χ2n) is 8.02. The van der Waals surface area contributed by atoms with Crippen molar-refractivity contribution in [1.29, 1.82) is 0 Å². The molecule has 2 atom stereocenters. The number of oxime groups is 1. The average Bonchev–Trinajstić information content (AvgIpc) is 2.89. The van der Waals surface area contributed by atoms with Crippen molar-refractivity contribution < 1.29 is 43.8 Å². The molecule has 1 aromatic carbocycles. The van der Waals surface area contributed by atoms with Gasteiger partial charge in [-0.25, -0.2) is 4.79 Å². The van der Waals surface area contributed by atoms with Crippen LogP contribution in [0.25, 0.3) is 0 Å². The van der Waals surface area contributed by atoms with Gasteiger partial charge in [0.2, 0.25) is 11.8 Å². The highest BCUT2D eigenvalue weighted by atomic mass is 32.2. The third-order valence-electron chi connectivity index (χ3n) is 4.80. The van der Waals surface area contributed by atoms with Crippen LogP contribution >= 0.6 is 11.8 Å². The fourth-order valence-corrected chi connectivity index (χ4v) is 3.65. The third kappa shape index (κ3) is 14.2. The summed E-state index contributed by atoms with van der Waals surface area (Å²) in [5.41, 5.74) is 6.20. The predicted octanol–water partition coefficient (Wildman–Crippen LogP) is 0.513. The second kappa shape index (κ2) is 18.6. The van der Waals surface area contributed by atoms with Crippen LogP contribution in [0.15, 0.2) is 35.5 Å². The quantitative estimate of drug-likeness (QED) is 0.0689. The van der Waals surface area contributed by atoms with Crippen molar-refractivity contribution in [2.45, 2.75) is 51.3 Å². The molecule has 13 nitrogen and oxygen atoms in total. The largest absolute Gasteiger partial charge is 0.480 e. The number of carbonyl (C=O) groups is 5. The number of hydrogen-bond donors (Lipinski definition) is 5. The molecular formula is C24H34N4O9S. The zero-order valence-corrected chi connectivity index (χ0v) is 21.9. The number of carboxylic acids is 2. The number of nitrogens with one attached hydrogen (secondary N) is 2. The van der Waals surface area contributed by atoms with Crippen molar-refractivity contribution in [2.75, 3.05) is 24.7 Å². The van der Waals surface area contributed by atoms with Gasteiger partial charge in [-0.05, 0) is 18.4 Å². The summed E-state index contributed by atoms with van der Waals surface area (Å²) in [6.45, 7) is 1.60. The summed E-state index contributed by atoms with van der Waals surface area (Å²) < 4.78 is 5.22. The molecule has 0 aliphatic carbocycles. The molecule has 2 unspecified atom stereocenters. The van der Waals surface area contributed by atoms with E-state index in [1.54, 1.807) is 0 Å². The molecule has 6 N–H and O–H groups in total. The summed E-state index contributed by atoms with van der Waals surface area (Å²) in [5, 5.41) is 26.2. The Hall–Kier alpha value is -3.65. The van der Waals surface area contributed by atoms with Crippen molar-refractivity contribution in [3.05, 3.63) is 35.9 Å². The van der Waals surface area contributed by atoms with Crippen LogP contribution in [-0.2, 0) is 40.2 Å². The van der Waals surface area contributed by atoms with E-state index in [4.69, 9.17) is 25.5 Å². The molecule has 1 rings (SSSR count). The molecule has 0 saturated carbocycles. The Labute approximate surface area is 224 Å². The van der Waals surface area contributed by atoms with Crippen LogP contribution in [-0.4, -0.2) is 82.4 Å². The predicted molar refractivity (Wildman–Crippen MR) is 139 cm³/mol. The number of thioether (sulfide) groups is 1. The highest BCUT2D eigenvalue weighted by Crippen LogP contribution is 2.09. The number of carbonyl (C=O) groups excluding carboxylic acids is 3. The lowest BCUT2D eigenvalue weighted by Crippen LogP contribution is -2.49. The van der Waals surface area contributed by atoms with E-state index in [1.165, 1.54) is 0 Å². The fourth-order valence-electron chi connectivity index (χ4n) is 2.69. The Bertz CT molecular complexity index is 959. The summed E-state index contributed by atoms with van der Waals surface area (Å²) in [6.07, 6.45) is 1.07. The summed E-state index contributed by atoms with van der Waals surface area (Å²) in [6, 6.07) is 6.75. The molecule has 2 amide bonds. The minimum absolute atomic E-state index is 0.0256. The first-order chi connectivity index (χ1) is 18.1. The first-order valence-corrected chi connectivity index (χ1v) is 13.0. The first-order valence-electron chi connectivity index (χ1n) is 11.9. The molecule has 0 bridgehead atoms. The first kappa shape index (κ1) is 32.4. The van der Waals surface area contributed by atoms with Gasteiger partial charge in [0.1, 0.15) is 25.2 Å². The number of nitrogens with zero attached hydrogens (tertiary/aromatic N) is 1. The smallest absolute Gasteiger partial charge is 0.356 e. The van der Waals surface area contributed by atoms with Gasteiger partial charge in [0, 0.05) is 17.9 Å². The maximum atomic E-state index is 12.5. The highest BCUT2D eigenvalue weighted by molar-refractivity contribution is 8.00. The molecule has 1 aromatic rings. The fraction of sp³-hybridized carbons (Fsp3) is 0.500. The van der Waals surface area contributed by atoms with Crippen LogP contribution in [0.3, 0.4) is 0 Å². The number of nitrogens with two attached hydrogens (primary N) is 1. The number of hydrogen-bond acceptors (Lipinski definition) is 10. The summed E-state index contributed by atoms with van der Waals surface area (Å²) in [4.78, 5) is 64.2. The normalized spacial score (nSPS) is 12.6. The topological polar surface area (TPSA) is 207 Å². The van der Waals surface area contributed by atoms with E-state index < -0.39 is 48.4 Å². The number of amides is 2. The third-order valence-corrected chi connectivity index (χ3v) is 5.85. The molecule has 14 heteroatoms. The lowest BCUT2D eigenvalue weighted by atomic mass is 10.1. The van der Waals surface area contributed by atoms with Crippen molar-refractivity contribution in [3.8, 4) is 0 Å². The number of benzene rings is 1. The van der Waals surface area contributed by atoms with E-state index in [0.717, 1.165) is 23.7 Å². The van der Waals surface area contributed by atoms with E-state index in [-0.39, 0.29) is 43.3 Å².